The van der Waals surface area contributed by atoms with Gasteiger partial charge in [-0.25, -0.2) is 15.4 Å². The van der Waals surface area contributed by atoms with E-state index in [0.717, 1.165) is 15.9 Å². The van der Waals surface area contributed by atoms with Gasteiger partial charge in [-0.05, 0) is 31.3 Å². The van der Waals surface area contributed by atoms with Crippen molar-refractivity contribution >= 4 is 44.2 Å². The van der Waals surface area contributed by atoms with E-state index in [-0.39, 0.29) is 29.7 Å². The van der Waals surface area contributed by atoms with Gasteiger partial charge in [-0.2, -0.15) is 0 Å². The highest BCUT2D eigenvalue weighted by Crippen LogP contribution is 2.32. The van der Waals surface area contributed by atoms with E-state index in [2.05, 4.69) is 20.6 Å². The SMILES string of the molecule is CN1CC(C(=O)Nc2nc3ccccc3s2)C2NN(c3ccccc3)C(=O)C2C1. The molecule has 5 rings (SSSR count). The van der Waals surface area contributed by atoms with Crippen LogP contribution >= 0.6 is 11.3 Å². The maximum atomic E-state index is 13.1. The van der Waals surface area contributed by atoms with Gasteiger partial charge in [-0.1, -0.05) is 41.7 Å². The normalized spacial score (nSPS) is 24.7. The number of para-hydroxylation sites is 2. The molecule has 8 heteroatoms. The fourth-order valence-electron chi connectivity index (χ4n) is 4.19. The van der Waals surface area contributed by atoms with Gasteiger partial charge in [-0.3, -0.25) is 9.59 Å². The van der Waals surface area contributed by atoms with Crippen LogP contribution in [-0.2, 0) is 9.59 Å². The molecule has 0 spiro atoms. The topological polar surface area (TPSA) is 77.6 Å². The standard InChI is InChI=1S/C21H21N5O2S/c1-25-11-14(19(27)23-21-22-16-9-5-6-10-17(16)29-21)18-15(12-25)20(28)26(24-18)13-7-3-2-4-8-13/h2-10,14-15,18,24H,11-12H2,1H3,(H,22,23,27). The number of piperidine rings is 1. The number of anilines is 2. The molecule has 2 amide bonds. The highest BCUT2D eigenvalue weighted by molar-refractivity contribution is 7.22. The van der Waals surface area contributed by atoms with E-state index in [1.165, 1.54) is 11.3 Å². The molecule has 2 aromatic carbocycles. The number of amides is 2. The van der Waals surface area contributed by atoms with Crippen molar-refractivity contribution in [2.45, 2.75) is 6.04 Å². The molecule has 2 N–H and O–H groups in total. The predicted octanol–water partition coefficient (Wildman–Crippen LogP) is 2.33. The molecular weight excluding hydrogens is 386 g/mol. The number of likely N-dealkylation sites (tertiary alicyclic amines) is 1. The van der Waals surface area contributed by atoms with Crippen LogP contribution in [0.25, 0.3) is 10.2 Å². The van der Waals surface area contributed by atoms with E-state index < -0.39 is 0 Å². The molecule has 0 saturated carbocycles. The average Bonchev–Trinajstić information content (AvgIpc) is 3.28. The van der Waals surface area contributed by atoms with Gasteiger partial charge in [0.15, 0.2) is 5.13 Å². The summed E-state index contributed by atoms with van der Waals surface area (Å²) in [5.41, 5.74) is 4.96. The number of fused-ring (bicyclic) bond motifs is 2. The maximum Gasteiger partial charge on any atom is 0.247 e. The quantitative estimate of drug-likeness (QED) is 0.697. The number of thiazole rings is 1. The first kappa shape index (κ1) is 18.2. The smallest absolute Gasteiger partial charge is 0.247 e. The summed E-state index contributed by atoms with van der Waals surface area (Å²) >= 11 is 1.46. The first-order chi connectivity index (χ1) is 14.1. The number of aromatic nitrogens is 1. The van der Waals surface area contributed by atoms with Gasteiger partial charge in [0.1, 0.15) is 0 Å². The van der Waals surface area contributed by atoms with Crippen LogP contribution in [0.4, 0.5) is 10.8 Å². The molecule has 7 nitrogen and oxygen atoms in total. The highest BCUT2D eigenvalue weighted by atomic mass is 32.1. The van der Waals surface area contributed by atoms with E-state index in [1.54, 1.807) is 5.01 Å². The Hall–Kier alpha value is -2.81. The molecule has 0 bridgehead atoms. The number of carbonyl (C=O) groups excluding carboxylic acids is 2. The molecule has 29 heavy (non-hydrogen) atoms. The Morgan fingerprint density at radius 3 is 2.69 bits per heavy atom. The molecule has 2 saturated heterocycles. The minimum absolute atomic E-state index is 0.00513. The van der Waals surface area contributed by atoms with Crippen LogP contribution in [0.1, 0.15) is 0 Å². The maximum absolute atomic E-state index is 13.1. The second kappa shape index (κ2) is 7.22. The molecule has 0 radical (unpaired) electrons. The predicted molar refractivity (Wildman–Crippen MR) is 114 cm³/mol. The van der Waals surface area contributed by atoms with Gasteiger partial charge < -0.3 is 10.2 Å². The summed E-state index contributed by atoms with van der Waals surface area (Å²) < 4.78 is 1.03. The summed E-state index contributed by atoms with van der Waals surface area (Å²) in [6, 6.07) is 17.1. The van der Waals surface area contributed by atoms with Crippen molar-refractivity contribution in [2.24, 2.45) is 11.8 Å². The molecule has 3 atom stereocenters. The zero-order valence-corrected chi connectivity index (χ0v) is 16.7. The third kappa shape index (κ3) is 3.29. The van der Waals surface area contributed by atoms with Gasteiger partial charge in [0.05, 0.1) is 33.8 Å². The average molecular weight is 407 g/mol. The van der Waals surface area contributed by atoms with Crippen LogP contribution < -0.4 is 15.8 Å². The van der Waals surface area contributed by atoms with E-state index in [1.807, 2.05) is 61.6 Å². The Morgan fingerprint density at radius 2 is 1.90 bits per heavy atom. The molecule has 2 aliphatic rings. The molecule has 0 aliphatic carbocycles. The lowest BCUT2D eigenvalue weighted by atomic mass is 9.84. The van der Waals surface area contributed by atoms with Crippen LogP contribution in [0.2, 0.25) is 0 Å². The van der Waals surface area contributed by atoms with E-state index in [9.17, 15) is 9.59 Å². The van der Waals surface area contributed by atoms with Gasteiger partial charge in [0.25, 0.3) is 0 Å². The molecule has 2 fully saturated rings. The Labute approximate surface area is 172 Å². The molecule has 3 unspecified atom stereocenters. The van der Waals surface area contributed by atoms with Crippen molar-refractivity contribution in [2.75, 3.05) is 30.5 Å². The zero-order valence-electron chi connectivity index (χ0n) is 15.9. The Morgan fingerprint density at radius 1 is 1.14 bits per heavy atom. The summed E-state index contributed by atoms with van der Waals surface area (Å²) in [7, 11) is 1.95. The van der Waals surface area contributed by atoms with Gasteiger partial charge in [-0.15, -0.1) is 0 Å². The van der Waals surface area contributed by atoms with Crippen molar-refractivity contribution in [1.29, 1.82) is 0 Å². The Balaban J connectivity index is 1.39. The largest absolute Gasteiger partial charge is 0.305 e. The first-order valence-corrected chi connectivity index (χ1v) is 10.4. The van der Waals surface area contributed by atoms with Crippen LogP contribution in [0, 0.1) is 11.8 Å². The third-order valence-electron chi connectivity index (χ3n) is 5.57. The van der Waals surface area contributed by atoms with Crippen LogP contribution in [0.15, 0.2) is 54.6 Å². The van der Waals surface area contributed by atoms with Crippen molar-refractivity contribution in [3.8, 4) is 0 Å². The Kier molecular flexibility index (Phi) is 4.54. The summed E-state index contributed by atoms with van der Waals surface area (Å²) in [5, 5.41) is 5.15. The fraction of sp³-hybridized carbons (Fsp3) is 0.286. The van der Waals surface area contributed by atoms with E-state index in [0.29, 0.717) is 18.2 Å². The molecular formula is C21H21N5O2S. The number of benzene rings is 2. The minimum Gasteiger partial charge on any atom is -0.305 e. The number of hydrogen-bond donors (Lipinski definition) is 2. The number of rotatable bonds is 3. The summed E-state index contributed by atoms with van der Waals surface area (Å²) in [6.45, 7) is 1.21. The van der Waals surface area contributed by atoms with Crippen molar-refractivity contribution in [3.63, 3.8) is 0 Å². The van der Waals surface area contributed by atoms with Crippen molar-refractivity contribution in [1.82, 2.24) is 15.3 Å². The van der Waals surface area contributed by atoms with Crippen molar-refractivity contribution < 1.29 is 9.59 Å². The number of hydrogen-bond acceptors (Lipinski definition) is 6. The number of nitrogens with zero attached hydrogens (tertiary/aromatic N) is 3. The fourth-order valence-corrected chi connectivity index (χ4v) is 5.06. The van der Waals surface area contributed by atoms with Crippen molar-refractivity contribution in [3.05, 3.63) is 54.6 Å². The third-order valence-corrected chi connectivity index (χ3v) is 6.53. The van der Waals surface area contributed by atoms with E-state index >= 15 is 0 Å². The van der Waals surface area contributed by atoms with Crippen LogP contribution in [0.5, 0.6) is 0 Å². The Bertz CT molecular complexity index is 1040. The van der Waals surface area contributed by atoms with Gasteiger partial charge >= 0.3 is 0 Å². The summed E-state index contributed by atoms with van der Waals surface area (Å²) in [6.07, 6.45) is 0. The monoisotopic (exact) mass is 407 g/mol. The minimum atomic E-state index is -0.358. The molecule has 2 aliphatic heterocycles. The molecule has 148 valence electrons. The summed E-state index contributed by atoms with van der Waals surface area (Å²) in [5.74, 6) is -0.727. The first-order valence-electron chi connectivity index (χ1n) is 9.60. The van der Waals surface area contributed by atoms with E-state index in [4.69, 9.17) is 0 Å². The zero-order chi connectivity index (χ0) is 20.0. The van der Waals surface area contributed by atoms with Gasteiger partial charge in [0, 0.05) is 13.1 Å². The van der Waals surface area contributed by atoms with Crippen LogP contribution in [-0.4, -0.2) is 47.9 Å². The van der Waals surface area contributed by atoms with Crippen LogP contribution in [0.3, 0.4) is 0 Å². The second-order valence-corrected chi connectivity index (χ2v) is 8.60. The second-order valence-electron chi connectivity index (χ2n) is 7.57. The number of nitrogens with one attached hydrogen (secondary N) is 2. The molecule has 3 aromatic rings. The number of hydrazine groups is 1. The molecule has 3 heterocycles. The van der Waals surface area contributed by atoms with Gasteiger partial charge in [0.2, 0.25) is 11.8 Å². The number of carbonyl (C=O) groups is 2. The lowest BCUT2D eigenvalue weighted by Crippen LogP contribution is -2.55. The lowest BCUT2D eigenvalue weighted by Gasteiger charge is -2.36. The highest BCUT2D eigenvalue weighted by Gasteiger charge is 2.50. The lowest BCUT2D eigenvalue weighted by molar-refractivity contribution is -0.125. The molecule has 1 aromatic heterocycles. The summed E-state index contributed by atoms with van der Waals surface area (Å²) in [4.78, 5) is 32.7.